The van der Waals surface area contributed by atoms with Gasteiger partial charge in [0.05, 0.1) is 0 Å². The molecule has 0 rings (SSSR count). The zero-order valence-corrected chi connectivity index (χ0v) is 4.56. The van der Waals surface area contributed by atoms with E-state index < -0.39 is 0 Å². The molecule has 0 fully saturated rings. The lowest BCUT2D eigenvalue weighted by Gasteiger charge is -1.68. The highest BCUT2D eigenvalue weighted by atomic mass is 16.5. The summed E-state index contributed by atoms with van der Waals surface area (Å²) in [6, 6.07) is 0. The molecule has 0 unspecified atom stereocenters. The Labute approximate surface area is 54.4 Å². The first-order chi connectivity index (χ1) is 4.41. The van der Waals surface area contributed by atoms with E-state index in [0.717, 1.165) is 0 Å². The van der Waals surface area contributed by atoms with Gasteiger partial charge in [-0.05, 0) is 11.8 Å². The average molecular weight is 114 g/mol. The van der Waals surface area contributed by atoms with Crippen LogP contribution < -0.4 is 0 Å². The van der Waals surface area contributed by atoms with Crippen molar-refractivity contribution in [3.05, 3.63) is 0 Å². The van der Waals surface area contributed by atoms with Crippen molar-refractivity contribution in [3.8, 4) is 48.7 Å². The maximum Gasteiger partial charge on any atom is 0.144 e. The van der Waals surface area contributed by atoms with Crippen LogP contribution >= 0.6 is 0 Å². The lowest BCUT2D eigenvalue weighted by atomic mass is 10.7. The smallest absolute Gasteiger partial charge is 0.144 e. The zero-order valence-electron chi connectivity index (χ0n) is 4.56. The van der Waals surface area contributed by atoms with Gasteiger partial charge in [-0.25, -0.2) is 0 Å². The minimum Gasteiger partial charge on any atom is -0.355 e. The summed E-state index contributed by atoms with van der Waals surface area (Å²) in [4.78, 5) is 0. The number of terminal acetylenes is 2. The molecule has 1 nitrogen and oxygen atoms in total. The fourth-order valence-corrected chi connectivity index (χ4v) is 0.135. The normalized spacial score (nSPS) is 3.78. The standard InChI is InChI=1S/C8H2O/c1-3-5-7-9-8-6-4-2/h1-2H. The van der Waals surface area contributed by atoms with Crippen LogP contribution in [0.25, 0.3) is 0 Å². The van der Waals surface area contributed by atoms with Crippen LogP contribution in [0, 0.1) is 48.7 Å². The Balaban J connectivity index is 3.59. The van der Waals surface area contributed by atoms with E-state index in [1.165, 1.54) is 0 Å². The van der Waals surface area contributed by atoms with Crippen LogP contribution in [0.2, 0.25) is 0 Å². The van der Waals surface area contributed by atoms with Gasteiger partial charge in [0.15, 0.2) is 0 Å². The monoisotopic (exact) mass is 114 g/mol. The highest BCUT2D eigenvalue weighted by Crippen LogP contribution is 1.60. The van der Waals surface area contributed by atoms with Crippen molar-refractivity contribution in [1.82, 2.24) is 0 Å². The molecule has 9 heavy (non-hydrogen) atoms. The molecule has 0 aliphatic carbocycles. The first-order valence-corrected chi connectivity index (χ1v) is 1.99. The zero-order chi connectivity index (χ0) is 6.95. The Hall–Kier alpha value is -1.96. The molecule has 0 aromatic carbocycles. The third kappa shape index (κ3) is 6.04. The Kier molecular flexibility index (Phi) is 4.72. The Morgan fingerprint density at radius 3 is 1.67 bits per heavy atom. The summed E-state index contributed by atoms with van der Waals surface area (Å²) in [7, 11) is 0. The SMILES string of the molecule is C#CC#COC#CC#C. The summed E-state index contributed by atoms with van der Waals surface area (Å²) < 4.78 is 4.31. The molecule has 0 aromatic rings. The molecule has 0 aromatic heterocycles. The van der Waals surface area contributed by atoms with E-state index in [9.17, 15) is 0 Å². The summed E-state index contributed by atoms with van der Waals surface area (Å²) in [5.74, 6) is 8.46. The van der Waals surface area contributed by atoms with Gasteiger partial charge in [-0.3, -0.25) is 0 Å². The summed E-state index contributed by atoms with van der Waals surface area (Å²) in [5, 5.41) is 0. The topological polar surface area (TPSA) is 9.23 Å². The van der Waals surface area contributed by atoms with Crippen molar-refractivity contribution >= 4 is 0 Å². The van der Waals surface area contributed by atoms with Crippen LogP contribution in [-0.2, 0) is 4.74 Å². The van der Waals surface area contributed by atoms with E-state index in [4.69, 9.17) is 12.8 Å². The average Bonchev–Trinajstić information content (AvgIpc) is 1.89. The summed E-state index contributed by atoms with van der Waals surface area (Å²) in [5.41, 5.74) is 0. The van der Waals surface area contributed by atoms with Gasteiger partial charge < -0.3 is 4.74 Å². The van der Waals surface area contributed by atoms with Gasteiger partial charge in [0.1, 0.15) is 12.2 Å². The van der Waals surface area contributed by atoms with Gasteiger partial charge in [-0.15, -0.1) is 12.8 Å². The number of rotatable bonds is 0. The molecule has 0 aliphatic rings. The van der Waals surface area contributed by atoms with Crippen molar-refractivity contribution in [3.63, 3.8) is 0 Å². The second kappa shape index (κ2) is 6.04. The molecule has 0 bridgehead atoms. The molecular weight excluding hydrogens is 112 g/mol. The molecule has 0 saturated carbocycles. The summed E-state index contributed by atoms with van der Waals surface area (Å²) in [6.07, 6.45) is 13.7. The molecule has 0 amide bonds. The molecule has 0 atom stereocenters. The number of hydrogen-bond donors (Lipinski definition) is 0. The second-order valence-corrected chi connectivity index (χ2v) is 0.845. The lowest BCUT2D eigenvalue weighted by molar-refractivity contribution is 0.479. The summed E-state index contributed by atoms with van der Waals surface area (Å²) in [6.45, 7) is 0. The van der Waals surface area contributed by atoms with Gasteiger partial charge in [0.2, 0.25) is 0 Å². The lowest BCUT2D eigenvalue weighted by Crippen LogP contribution is -1.63. The van der Waals surface area contributed by atoms with Gasteiger partial charge in [-0.2, -0.15) is 0 Å². The van der Waals surface area contributed by atoms with E-state index in [0.29, 0.717) is 0 Å². The van der Waals surface area contributed by atoms with Gasteiger partial charge >= 0.3 is 0 Å². The van der Waals surface area contributed by atoms with E-state index in [-0.39, 0.29) is 0 Å². The van der Waals surface area contributed by atoms with Crippen LogP contribution in [0.1, 0.15) is 0 Å². The van der Waals surface area contributed by atoms with Crippen LogP contribution in [0.3, 0.4) is 0 Å². The van der Waals surface area contributed by atoms with E-state index in [1.807, 2.05) is 11.8 Å². The Morgan fingerprint density at radius 2 is 1.33 bits per heavy atom. The van der Waals surface area contributed by atoms with Crippen LogP contribution in [0.15, 0.2) is 0 Å². The minimum absolute atomic E-state index is 2.04. The molecule has 0 radical (unpaired) electrons. The number of hydrogen-bond acceptors (Lipinski definition) is 1. The molecule has 0 N–H and O–H groups in total. The van der Waals surface area contributed by atoms with Crippen molar-refractivity contribution < 1.29 is 4.74 Å². The minimum atomic E-state index is 2.04. The van der Waals surface area contributed by atoms with Crippen molar-refractivity contribution in [1.29, 1.82) is 0 Å². The molecule has 0 aliphatic heterocycles. The quantitative estimate of drug-likeness (QED) is 0.408. The highest BCUT2D eigenvalue weighted by Gasteiger charge is 1.58. The first kappa shape index (κ1) is 7.04. The molecule has 0 spiro atoms. The van der Waals surface area contributed by atoms with E-state index >= 15 is 0 Å². The molecule has 0 saturated heterocycles. The molecule has 0 heterocycles. The molecule has 40 valence electrons. The maximum atomic E-state index is 4.75. The van der Waals surface area contributed by atoms with E-state index in [1.54, 1.807) is 0 Å². The third-order valence-electron chi connectivity index (χ3n) is 0.348. The van der Waals surface area contributed by atoms with Gasteiger partial charge in [0.25, 0.3) is 0 Å². The van der Waals surface area contributed by atoms with Crippen LogP contribution in [0.5, 0.6) is 0 Å². The first-order valence-electron chi connectivity index (χ1n) is 1.99. The molecular formula is C8H2O. The number of ether oxygens (including phenoxy) is 1. The predicted molar refractivity (Wildman–Crippen MR) is 34.3 cm³/mol. The van der Waals surface area contributed by atoms with Crippen molar-refractivity contribution in [2.45, 2.75) is 0 Å². The Bertz CT molecular complexity index is 234. The fourth-order valence-electron chi connectivity index (χ4n) is 0.135. The summed E-state index contributed by atoms with van der Waals surface area (Å²) >= 11 is 0. The van der Waals surface area contributed by atoms with Crippen LogP contribution in [-0.4, -0.2) is 0 Å². The van der Waals surface area contributed by atoms with Crippen LogP contribution in [0.4, 0.5) is 0 Å². The largest absolute Gasteiger partial charge is 0.355 e. The van der Waals surface area contributed by atoms with Gasteiger partial charge in [-0.1, -0.05) is 0 Å². The third-order valence-corrected chi connectivity index (χ3v) is 0.348. The predicted octanol–water partition coefficient (Wildman–Crippen LogP) is 0.191. The Morgan fingerprint density at radius 1 is 0.889 bits per heavy atom. The highest BCUT2D eigenvalue weighted by molar-refractivity contribution is 5.22. The second-order valence-electron chi connectivity index (χ2n) is 0.845. The van der Waals surface area contributed by atoms with E-state index in [2.05, 4.69) is 28.8 Å². The van der Waals surface area contributed by atoms with Gasteiger partial charge in [0, 0.05) is 11.8 Å². The van der Waals surface area contributed by atoms with Crippen molar-refractivity contribution in [2.75, 3.05) is 0 Å². The maximum absolute atomic E-state index is 4.75. The van der Waals surface area contributed by atoms with Crippen molar-refractivity contribution in [2.24, 2.45) is 0 Å². The fraction of sp³-hybridized carbons (Fsp3) is 0. The molecule has 1 heteroatoms.